The summed E-state index contributed by atoms with van der Waals surface area (Å²) in [6, 6.07) is 3.56. The molecular formula is C21H25N3O7. The molecule has 3 rings (SSSR count). The highest BCUT2D eigenvalue weighted by molar-refractivity contribution is 6.24. The molecule has 31 heavy (non-hydrogen) atoms. The minimum atomic E-state index is -1.05. The first kappa shape index (κ1) is 22.3. The number of imide groups is 2. The van der Waals surface area contributed by atoms with Crippen molar-refractivity contribution in [1.29, 1.82) is 0 Å². The van der Waals surface area contributed by atoms with Gasteiger partial charge in [0.25, 0.3) is 11.8 Å². The van der Waals surface area contributed by atoms with Gasteiger partial charge in [0, 0.05) is 13.5 Å². The molecule has 1 fully saturated rings. The zero-order valence-electron chi connectivity index (χ0n) is 17.9. The molecule has 1 atom stereocenters. The van der Waals surface area contributed by atoms with E-state index in [0.717, 1.165) is 4.90 Å². The number of carbonyl (C=O) groups is 5. The molecule has 0 aliphatic carbocycles. The Labute approximate surface area is 179 Å². The Balaban J connectivity index is 1.70. The van der Waals surface area contributed by atoms with E-state index in [2.05, 4.69) is 5.32 Å². The van der Waals surface area contributed by atoms with Crippen molar-refractivity contribution in [3.05, 3.63) is 29.3 Å². The van der Waals surface area contributed by atoms with Crippen molar-refractivity contribution in [2.24, 2.45) is 0 Å². The highest BCUT2D eigenvalue weighted by Crippen LogP contribution is 2.33. The number of ether oxygens (including phenoxy) is 2. The van der Waals surface area contributed by atoms with Crippen molar-refractivity contribution in [2.45, 2.75) is 45.3 Å². The van der Waals surface area contributed by atoms with Gasteiger partial charge in [0.2, 0.25) is 11.8 Å². The maximum absolute atomic E-state index is 13.0. The molecule has 0 bridgehead atoms. The standard InChI is InChI=1S/C21H25N3O7/c1-21(2,3)31-20(29)23(4)10-11-30-14-7-5-6-12-16(14)19(28)24(18(12)27)13-8-9-15(25)22-17(13)26/h5-7,13H,8-11H2,1-4H3,(H,22,25,26). The first-order valence-corrected chi connectivity index (χ1v) is 9.91. The Kier molecular flexibility index (Phi) is 6.01. The lowest BCUT2D eigenvalue weighted by Gasteiger charge is -2.27. The van der Waals surface area contributed by atoms with E-state index in [1.807, 2.05) is 0 Å². The van der Waals surface area contributed by atoms with Crippen LogP contribution in [0.3, 0.4) is 0 Å². The number of carbonyl (C=O) groups excluding carboxylic acids is 5. The topological polar surface area (TPSA) is 122 Å². The summed E-state index contributed by atoms with van der Waals surface area (Å²) in [5, 5.41) is 2.16. The molecular weight excluding hydrogens is 406 g/mol. The number of nitrogens with zero attached hydrogens (tertiary/aromatic N) is 2. The third-order valence-electron chi connectivity index (χ3n) is 4.82. The smallest absolute Gasteiger partial charge is 0.410 e. The fraction of sp³-hybridized carbons (Fsp3) is 0.476. The Morgan fingerprint density at radius 1 is 1.19 bits per heavy atom. The van der Waals surface area contributed by atoms with Gasteiger partial charge in [-0.15, -0.1) is 0 Å². The summed E-state index contributed by atoms with van der Waals surface area (Å²) in [5.41, 5.74) is -0.427. The molecule has 0 radical (unpaired) electrons. The minimum Gasteiger partial charge on any atom is -0.491 e. The van der Waals surface area contributed by atoms with Crippen LogP contribution in [0.15, 0.2) is 18.2 Å². The van der Waals surface area contributed by atoms with E-state index in [0.29, 0.717) is 0 Å². The number of piperidine rings is 1. The lowest BCUT2D eigenvalue weighted by molar-refractivity contribution is -0.136. The van der Waals surface area contributed by atoms with Crippen LogP contribution in [-0.4, -0.2) is 71.4 Å². The fourth-order valence-electron chi connectivity index (χ4n) is 3.33. The SMILES string of the molecule is CN(CCOc1cccc2c1C(=O)N(C1CCC(=O)NC1=O)C2=O)C(=O)OC(C)(C)C. The van der Waals surface area contributed by atoms with Crippen LogP contribution in [0.25, 0.3) is 0 Å². The molecule has 1 aromatic carbocycles. The summed E-state index contributed by atoms with van der Waals surface area (Å²) >= 11 is 0. The summed E-state index contributed by atoms with van der Waals surface area (Å²) in [6.45, 7) is 5.54. The molecule has 0 aromatic heterocycles. The second-order valence-corrected chi connectivity index (χ2v) is 8.38. The second kappa shape index (κ2) is 8.37. The van der Waals surface area contributed by atoms with Crippen molar-refractivity contribution in [2.75, 3.05) is 20.2 Å². The van der Waals surface area contributed by atoms with Crippen LogP contribution in [0.2, 0.25) is 0 Å². The minimum absolute atomic E-state index is 0.0458. The summed E-state index contributed by atoms with van der Waals surface area (Å²) in [7, 11) is 1.56. The van der Waals surface area contributed by atoms with Gasteiger partial charge >= 0.3 is 6.09 Å². The monoisotopic (exact) mass is 431 g/mol. The van der Waals surface area contributed by atoms with E-state index in [1.54, 1.807) is 40.0 Å². The molecule has 1 unspecified atom stereocenters. The maximum atomic E-state index is 13.0. The van der Waals surface area contributed by atoms with Crippen molar-refractivity contribution in [1.82, 2.24) is 15.1 Å². The van der Waals surface area contributed by atoms with Gasteiger partial charge in [0.1, 0.15) is 24.0 Å². The van der Waals surface area contributed by atoms with Crippen LogP contribution in [0.1, 0.15) is 54.3 Å². The maximum Gasteiger partial charge on any atom is 0.410 e. The average Bonchev–Trinajstić information content (AvgIpc) is 2.92. The fourth-order valence-corrected chi connectivity index (χ4v) is 3.33. The van der Waals surface area contributed by atoms with E-state index < -0.39 is 41.4 Å². The van der Waals surface area contributed by atoms with Crippen LogP contribution in [0.4, 0.5) is 4.79 Å². The zero-order valence-corrected chi connectivity index (χ0v) is 17.9. The molecule has 2 aliphatic rings. The Bertz CT molecular complexity index is 951. The molecule has 2 aliphatic heterocycles. The number of hydrogen-bond acceptors (Lipinski definition) is 7. The number of amides is 5. The van der Waals surface area contributed by atoms with E-state index in [-0.39, 0.29) is 42.9 Å². The number of nitrogens with one attached hydrogen (secondary N) is 1. The van der Waals surface area contributed by atoms with Crippen molar-refractivity contribution in [3.8, 4) is 5.75 Å². The van der Waals surface area contributed by atoms with Gasteiger partial charge in [-0.3, -0.25) is 29.4 Å². The van der Waals surface area contributed by atoms with Crippen LogP contribution in [0.5, 0.6) is 5.75 Å². The van der Waals surface area contributed by atoms with E-state index in [4.69, 9.17) is 9.47 Å². The van der Waals surface area contributed by atoms with Gasteiger partial charge in [0.05, 0.1) is 17.7 Å². The molecule has 166 valence electrons. The van der Waals surface area contributed by atoms with Crippen molar-refractivity contribution >= 4 is 29.7 Å². The van der Waals surface area contributed by atoms with Gasteiger partial charge in [-0.2, -0.15) is 0 Å². The lowest BCUT2D eigenvalue weighted by atomic mass is 10.0. The molecule has 10 heteroatoms. The average molecular weight is 431 g/mol. The van der Waals surface area contributed by atoms with Crippen molar-refractivity contribution in [3.63, 3.8) is 0 Å². The predicted molar refractivity (Wildman–Crippen MR) is 107 cm³/mol. The molecule has 1 aromatic rings. The van der Waals surface area contributed by atoms with Gasteiger partial charge in [-0.05, 0) is 39.3 Å². The highest BCUT2D eigenvalue weighted by Gasteiger charge is 2.46. The number of rotatable bonds is 5. The quantitative estimate of drug-likeness (QED) is 0.698. The summed E-state index contributed by atoms with van der Waals surface area (Å²) < 4.78 is 11.0. The molecule has 10 nitrogen and oxygen atoms in total. The second-order valence-electron chi connectivity index (χ2n) is 8.38. The highest BCUT2D eigenvalue weighted by atomic mass is 16.6. The number of likely N-dealkylation sites (N-methyl/N-ethyl adjacent to an activating group) is 1. The van der Waals surface area contributed by atoms with Gasteiger partial charge in [0.15, 0.2) is 0 Å². The molecule has 1 N–H and O–H groups in total. The normalized spacial score (nSPS) is 18.6. The summed E-state index contributed by atoms with van der Waals surface area (Å²) in [5.74, 6) is -2.18. The lowest BCUT2D eigenvalue weighted by Crippen LogP contribution is -2.54. The molecule has 2 heterocycles. The Morgan fingerprint density at radius 2 is 1.90 bits per heavy atom. The molecule has 0 saturated carbocycles. The van der Waals surface area contributed by atoms with Crippen LogP contribution >= 0.6 is 0 Å². The predicted octanol–water partition coefficient (Wildman–Crippen LogP) is 1.33. The zero-order chi connectivity index (χ0) is 22.9. The number of benzene rings is 1. The molecule has 0 spiro atoms. The first-order chi connectivity index (χ1) is 14.5. The van der Waals surface area contributed by atoms with Gasteiger partial charge in [-0.25, -0.2) is 4.79 Å². The van der Waals surface area contributed by atoms with Gasteiger partial charge in [-0.1, -0.05) is 6.07 Å². The third-order valence-corrected chi connectivity index (χ3v) is 4.82. The van der Waals surface area contributed by atoms with Crippen LogP contribution in [0, 0.1) is 0 Å². The third kappa shape index (κ3) is 4.68. The molecule has 5 amide bonds. The Morgan fingerprint density at radius 3 is 2.55 bits per heavy atom. The van der Waals surface area contributed by atoms with Gasteiger partial charge < -0.3 is 14.4 Å². The number of hydrogen-bond donors (Lipinski definition) is 1. The van der Waals surface area contributed by atoms with E-state index in [1.165, 1.54) is 11.0 Å². The van der Waals surface area contributed by atoms with E-state index >= 15 is 0 Å². The largest absolute Gasteiger partial charge is 0.491 e. The summed E-state index contributed by atoms with van der Waals surface area (Å²) in [6.07, 6.45) is -0.387. The van der Waals surface area contributed by atoms with Crippen molar-refractivity contribution < 1.29 is 33.4 Å². The van der Waals surface area contributed by atoms with Crippen LogP contribution < -0.4 is 10.1 Å². The van der Waals surface area contributed by atoms with Crippen LogP contribution in [-0.2, 0) is 14.3 Å². The first-order valence-electron chi connectivity index (χ1n) is 9.91. The van der Waals surface area contributed by atoms with E-state index in [9.17, 15) is 24.0 Å². The Hall–Kier alpha value is -3.43. The number of fused-ring (bicyclic) bond motifs is 1. The molecule has 1 saturated heterocycles. The summed E-state index contributed by atoms with van der Waals surface area (Å²) in [4.78, 5) is 63.6.